The summed E-state index contributed by atoms with van der Waals surface area (Å²) in [6.45, 7) is 7.08. The summed E-state index contributed by atoms with van der Waals surface area (Å²) in [5.41, 5.74) is 0.880. The van der Waals surface area contributed by atoms with Gasteiger partial charge in [-0.3, -0.25) is 4.90 Å². The molecule has 140 valence electrons. The molecule has 1 saturated heterocycles. The van der Waals surface area contributed by atoms with E-state index in [1.165, 1.54) is 0 Å². The van der Waals surface area contributed by atoms with Crippen molar-refractivity contribution in [1.29, 1.82) is 0 Å². The van der Waals surface area contributed by atoms with Gasteiger partial charge in [0.05, 0.1) is 33.5 Å². The van der Waals surface area contributed by atoms with Crippen LogP contribution >= 0.6 is 0 Å². The van der Waals surface area contributed by atoms with E-state index in [4.69, 9.17) is 14.2 Å². The maximum Gasteiger partial charge on any atom is 0.315 e. The number of amides is 2. The van der Waals surface area contributed by atoms with Gasteiger partial charge in [0.2, 0.25) is 0 Å². The fourth-order valence-electron chi connectivity index (χ4n) is 2.83. The zero-order valence-corrected chi connectivity index (χ0v) is 15.3. The molecule has 0 aliphatic carbocycles. The monoisotopic (exact) mass is 351 g/mol. The number of ether oxygens (including phenoxy) is 3. The molecular weight excluding hydrogens is 322 g/mol. The fraction of sp³-hybridized carbons (Fsp3) is 0.611. The number of rotatable bonds is 8. The molecule has 25 heavy (non-hydrogen) atoms. The summed E-state index contributed by atoms with van der Waals surface area (Å²) in [6.07, 6.45) is 0.921. The van der Waals surface area contributed by atoms with E-state index in [9.17, 15) is 4.79 Å². The van der Waals surface area contributed by atoms with Crippen molar-refractivity contribution in [2.24, 2.45) is 0 Å². The lowest BCUT2D eigenvalue weighted by molar-refractivity contribution is 0.0375. The number of methoxy groups -OCH3 is 2. The average molecular weight is 351 g/mol. The fourth-order valence-corrected chi connectivity index (χ4v) is 2.83. The summed E-state index contributed by atoms with van der Waals surface area (Å²) in [4.78, 5) is 14.5. The molecule has 1 unspecified atom stereocenters. The highest BCUT2D eigenvalue weighted by molar-refractivity contribution is 5.74. The van der Waals surface area contributed by atoms with Crippen LogP contribution in [-0.4, -0.2) is 64.5 Å². The smallest absolute Gasteiger partial charge is 0.315 e. The topological polar surface area (TPSA) is 72.1 Å². The Labute approximate surface area is 149 Å². The van der Waals surface area contributed by atoms with Crippen LogP contribution in [0.5, 0.6) is 11.5 Å². The van der Waals surface area contributed by atoms with Crippen LogP contribution in [-0.2, 0) is 4.74 Å². The van der Waals surface area contributed by atoms with Gasteiger partial charge in [-0.2, -0.15) is 0 Å². The third-order valence-electron chi connectivity index (χ3n) is 4.29. The second kappa shape index (κ2) is 10.1. The van der Waals surface area contributed by atoms with E-state index in [2.05, 4.69) is 15.5 Å². The molecule has 0 saturated carbocycles. The number of carbonyl (C=O) groups excluding carboxylic acids is 1. The Hall–Kier alpha value is -1.99. The molecule has 1 aliphatic rings. The van der Waals surface area contributed by atoms with Crippen LogP contribution in [0.3, 0.4) is 0 Å². The van der Waals surface area contributed by atoms with Crippen LogP contribution in [0.15, 0.2) is 18.2 Å². The number of carbonyl (C=O) groups is 1. The SMILES string of the molecule is COc1ccc(OC)c(C(C)NC(=O)NCCCN2CCOCC2)c1. The van der Waals surface area contributed by atoms with Gasteiger partial charge >= 0.3 is 6.03 Å². The molecule has 0 radical (unpaired) electrons. The number of benzene rings is 1. The first-order valence-electron chi connectivity index (χ1n) is 8.70. The number of hydrogen-bond acceptors (Lipinski definition) is 5. The van der Waals surface area contributed by atoms with Crippen molar-refractivity contribution >= 4 is 6.03 Å². The molecule has 2 amide bonds. The first kappa shape index (κ1) is 19.3. The Balaban J connectivity index is 1.75. The van der Waals surface area contributed by atoms with E-state index in [-0.39, 0.29) is 12.1 Å². The number of urea groups is 1. The molecule has 1 fully saturated rings. The van der Waals surface area contributed by atoms with Crippen LogP contribution in [0.1, 0.15) is 24.9 Å². The molecule has 2 N–H and O–H groups in total. The molecule has 7 nitrogen and oxygen atoms in total. The van der Waals surface area contributed by atoms with Gasteiger partial charge in [-0.25, -0.2) is 4.79 Å². The van der Waals surface area contributed by atoms with E-state index in [0.717, 1.165) is 56.3 Å². The maximum absolute atomic E-state index is 12.1. The minimum absolute atomic E-state index is 0.181. The van der Waals surface area contributed by atoms with Crippen LogP contribution in [0.2, 0.25) is 0 Å². The molecule has 1 aromatic carbocycles. The second-order valence-electron chi connectivity index (χ2n) is 6.04. The van der Waals surface area contributed by atoms with E-state index in [1.54, 1.807) is 14.2 Å². The van der Waals surface area contributed by atoms with Crippen molar-refractivity contribution in [2.75, 3.05) is 53.6 Å². The highest BCUT2D eigenvalue weighted by Crippen LogP contribution is 2.29. The highest BCUT2D eigenvalue weighted by atomic mass is 16.5. The molecule has 0 aromatic heterocycles. The standard InChI is InChI=1S/C18H29N3O4/c1-14(16-13-15(23-2)5-6-17(16)24-3)20-18(22)19-7-4-8-21-9-11-25-12-10-21/h5-6,13-14H,4,7-12H2,1-3H3,(H2,19,20,22). The first-order chi connectivity index (χ1) is 12.1. The van der Waals surface area contributed by atoms with Crippen molar-refractivity contribution < 1.29 is 19.0 Å². The molecule has 2 rings (SSSR count). The van der Waals surface area contributed by atoms with Gasteiger partial charge in [0.25, 0.3) is 0 Å². The quantitative estimate of drug-likeness (QED) is 0.699. The van der Waals surface area contributed by atoms with Crippen LogP contribution in [0.25, 0.3) is 0 Å². The number of nitrogens with one attached hydrogen (secondary N) is 2. The van der Waals surface area contributed by atoms with Gasteiger partial charge in [-0.1, -0.05) is 0 Å². The van der Waals surface area contributed by atoms with Crippen molar-refractivity contribution in [2.45, 2.75) is 19.4 Å². The van der Waals surface area contributed by atoms with Crippen molar-refractivity contribution in [3.63, 3.8) is 0 Å². The van der Waals surface area contributed by atoms with Crippen molar-refractivity contribution in [1.82, 2.24) is 15.5 Å². The number of hydrogen-bond donors (Lipinski definition) is 2. The molecule has 0 bridgehead atoms. The van der Waals surface area contributed by atoms with Crippen molar-refractivity contribution in [3.05, 3.63) is 23.8 Å². The number of morpholine rings is 1. The average Bonchev–Trinajstić information content (AvgIpc) is 2.65. The van der Waals surface area contributed by atoms with E-state index in [1.807, 2.05) is 25.1 Å². The van der Waals surface area contributed by atoms with E-state index < -0.39 is 0 Å². The van der Waals surface area contributed by atoms with Crippen LogP contribution in [0, 0.1) is 0 Å². The molecule has 1 aliphatic heterocycles. The lowest BCUT2D eigenvalue weighted by Crippen LogP contribution is -2.40. The predicted octanol–water partition coefficient (Wildman–Crippen LogP) is 1.79. The summed E-state index contributed by atoms with van der Waals surface area (Å²) in [6, 6.07) is 5.18. The third-order valence-corrected chi connectivity index (χ3v) is 4.29. The highest BCUT2D eigenvalue weighted by Gasteiger charge is 2.15. The Kier molecular flexibility index (Phi) is 7.81. The molecule has 7 heteroatoms. The van der Waals surface area contributed by atoms with E-state index >= 15 is 0 Å². The zero-order valence-electron chi connectivity index (χ0n) is 15.3. The zero-order chi connectivity index (χ0) is 18.1. The Morgan fingerprint density at radius 2 is 2.04 bits per heavy atom. The number of nitrogens with zero attached hydrogens (tertiary/aromatic N) is 1. The summed E-state index contributed by atoms with van der Waals surface area (Å²) in [5.74, 6) is 1.45. The van der Waals surface area contributed by atoms with Crippen LogP contribution < -0.4 is 20.1 Å². The van der Waals surface area contributed by atoms with Gasteiger partial charge < -0.3 is 24.8 Å². The van der Waals surface area contributed by atoms with Gasteiger partial charge in [0, 0.05) is 25.2 Å². The summed E-state index contributed by atoms with van der Waals surface area (Å²) < 4.78 is 15.9. The molecule has 1 heterocycles. The maximum atomic E-state index is 12.1. The first-order valence-corrected chi connectivity index (χ1v) is 8.70. The Morgan fingerprint density at radius 1 is 1.28 bits per heavy atom. The van der Waals surface area contributed by atoms with Gasteiger partial charge in [-0.05, 0) is 38.1 Å². The Morgan fingerprint density at radius 3 is 2.72 bits per heavy atom. The minimum Gasteiger partial charge on any atom is -0.497 e. The minimum atomic E-state index is -0.190. The molecule has 0 spiro atoms. The van der Waals surface area contributed by atoms with Gasteiger partial charge in [-0.15, -0.1) is 0 Å². The van der Waals surface area contributed by atoms with Gasteiger partial charge in [0.15, 0.2) is 0 Å². The Bertz CT molecular complexity index is 547. The lowest BCUT2D eigenvalue weighted by Gasteiger charge is -2.26. The van der Waals surface area contributed by atoms with E-state index in [0.29, 0.717) is 6.54 Å². The summed E-state index contributed by atoms with van der Waals surface area (Å²) in [5, 5.41) is 5.85. The third kappa shape index (κ3) is 6.10. The second-order valence-corrected chi connectivity index (χ2v) is 6.04. The van der Waals surface area contributed by atoms with Crippen molar-refractivity contribution in [3.8, 4) is 11.5 Å². The molecule has 1 atom stereocenters. The largest absolute Gasteiger partial charge is 0.497 e. The summed E-state index contributed by atoms with van der Waals surface area (Å²) >= 11 is 0. The molecule has 1 aromatic rings. The summed E-state index contributed by atoms with van der Waals surface area (Å²) in [7, 11) is 3.23. The van der Waals surface area contributed by atoms with Gasteiger partial charge in [0.1, 0.15) is 11.5 Å². The lowest BCUT2D eigenvalue weighted by atomic mass is 10.1. The molecular formula is C18H29N3O4. The predicted molar refractivity (Wildman–Crippen MR) is 96.4 cm³/mol. The normalized spacial score (nSPS) is 16.1. The van der Waals surface area contributed by atoms with Crippen LogP contribution in [0.4, 0.5) is 4.79 Å².